The van der Waals surface area contributed by atoms with E-state index in [1.54, 1.807) is 11.9 Å². The molecule has 2 aliphatic heterocycles. The first kappa shape index (κ1) is 36.4. The highest BCUT2D eigenvalue weighted by Gasteiger charge is 2.44. The summed E-state index contributed by atoms with van der Waals surface area (Å²) in [5.41, 5.74) is 0. The Bertz CT molecular complexity index is 1120. The maximum absolute atomic E-state index is 13.7. The predicted octanol–water partition coefficient (Wildman–Crippen LogP) is 2.03. The Balaban J connectivity index is 1.03. The van der Waals surface area contributed by atoms with Crippen LogP contribution in [-0.4, -0.2) is 128 Å². The third-order valence-electron chi connectivity index (χ3n) is 11.5. The topological polar surface area (TPSA) is 150 Å². The monoisotopic (exact) mass is 674 g/mol. The summed E-state index contributed by atoms with van der Waals surface area (Å²) in [6, 6.07) is -0.0286. The van der Waals surface area contributed by atoms with E-state index in [0.717, 1.165) is 45.2 Å². The number of fused-ring (bicyclic) bond motifs is 1. The van der Waals surface area contributed by atoms with Crippen LogP contribution in [0.3, 0.4) is 0 Å². The molecule has 2 saturated heterocycles. The van der Waals surface area contributed by atoms with E-state index in [-0.39, 0.29) is 85.9 Å². The van der Waals surface area contributed by atoms with Gasteiger partial charge in [-0.15, -0.1) is 0 Å². The molecule has 13 heteroatoms. The van der Waals surface area contributed by atoms with Crippen molar-refractivity contribution in [2.24, 2.45) is 17.8 Å². The predicted molar refractivity (Wildman–Crippen MR) is 179 cm³/mol. The maximum Gasteiger partial charge on any atom is 0.315 e. The summed E-state index contributed by atoms with van der Waals surface area (Å²) in [6.07, 6.45) is 10.4. The minimum atomic E-state index is -0.429. The molecule has 2 heterocycles. The molecule has 0 spiro atoms. The average molecular weight is 675 g/mol. The fourth-order valence-electron chi connectivity index (χ4n) is 8.37. The number of likely N-dealkylation sites (N-methyl/N-ethyl adjacent to an activating group) is 1. The van der Waals surface area contributed by atoms with Gasteiger partial charge in [-0.05, 0) is 69.6 Å². The lowest BCUT2D eigenvalue weighted by Gasteiger charge is -2.39. The molecule has 0 aromatic carbocycles. The summed E-state index contributed by atoms with van der Waals surface area (Å²) >= 11 is 0. The Hall–Kier alpha value is -2.93. The quantitative estimate of drug-likeness (QED) is 0.282. The third-order valence-corrected chi connectivity index (χ3v) is 11.5. The number of hydrogen-bond donors (Lipinski definition) is 3. The lowest BCUT2D eigenvalue weighted by Crippen LogP contribution is -2.51. The number of nitrogens with one attached hydrogen (secondary N) is 3. The van der Waals surface area contributed by atoms with Gasteiger partial charge in [0.25, 0.3) is 0 Å². The summed E-state index contributed by atoms with van der Waals surface area (Å²) in [6.45, 7) is 6.23. The number of carbonyl (C=O) groups excluding carboxylic acids is 5. The minimum Gasteiger partial charge on any atom is -0.464 e. The van der Waals surface area contributed by atoms with Crippen LogP contribution in [0.2, 0.25) is 0 Å². The number of rotatable bonds is 11. The summed E-state index contributed by atoms with van der Waals surface area (Å²) < 4.78 is 10.8. The van der Waals surface area contributed by atoms with Gasteiger partial charge in [-0.2, -0.15) is 0 Å². The van der Waals surface area contributed by atoms with Crippen LogP contribution in [0.4, 0.5) is 4.79 Å². The first-order chi connectivity index (χ1) is 23.2. The molecule has 5 amide bonds. The van der Waals surface area contributed by atoms with E-state index >= 15 is 0 Å². The third kappa shape index (κ3) is 10.3. The van der Waals surface area contributed by atoms with E-state index in [2.05, 4.69) is 27.8 Å². The van der Waals surface area contributed by atoms with Crippen LogP contribution < -0.4 is 16.0 Å². The highest BCUT2D eigenvalue weighted by molar-refractivity contribution is 5.89. The van der Waals surface area contributed by atoms with Crippen molar-refractivity contribution in [3.05, 3.63) is 0 Å². The second kappa shape index (κ2) is 17.6. The summed E-state index contributed by atoms with van der Waals surface area (Å²) in [5.74, 6) is -0.288. The summed E-state index contributed by atoms with van der Waals surface area (Å²) in [7, 11) is 1.75. The first-order valence-electron chi connectivity index (χ1n) is 18.5. The van der Waals surface area contributed by atoms with Crippen LogP contribution in [0.15, 0.2) is 0 Å². The Labute approximate surface area is 285 Å². The van der Waals surface area contributed by atoms with Gasteiger partial charge >= 0.3 is 12.0 Å². The molecule has 0 bridgehead atoms. The van der Waals surface area contributed by atoms with Gasteiger partial charge < -0.3 is 35.2 Å². The molecule has 270 valence electrons. The van der Waals surface area contributed by atoms with Crippen molar-refractivity contribution in [2.75, 3.05) is 59.6 Å². The number of carbonyl (C=O) groups is 5. The Morgan fingerprint density at radius 2 is 1.60 bits per heavy atom. The molecule has 13 nitrogen and oxygen atoms in total. The first-order valence-corrected chi connectivity index (χ1v) is 18.5. The van der Waals surface area contributed by atoms with Crippen molar-refractivity contribution in [2.45, 2.75) is 115 Å². The van der Waals surface area contributed by atoms with Gasteiger partial charge in [-0.25, -0.2) is 4.79 Å². The number of ether oxygens (including phenoxy) is 2. The molecule has 3 N–H and O–H groups in total. The second-order valence-electron chi connectivity index (χ2n) is 14.8. The lowest BCUT2D eigenvalue weighted by atomic mass is 9.79. The van der Waals surface area contributed by atoms with E-state index in [1.807, 2.05) is 0 Å². The van der Waals surface area contributed by atoms with Crippen LogP contribution in [0.1, 0.15) is 90.4 Å². The standard InChI is InChI=1S/C35H58N6O7/c1-24-5-3-4-6-29(24)38-35(46)37-26-9-7-25(8-10-26)21-31(42)36-27-11-12-30-28(22-27)34(45)41(23-32(43)39(30)2)14-13-33(44)48-20-17-40-15-18-47-19-16-40/h24-30H,3-23H2,1-2H3,(H,36,42)(H2,37,38,46). The second-order valence-corrected chi connectivity index (χ2v) is 14.8. The summed E-state index contributed by atoms with van der Waals surface area (Å²) in [5, 5.41) is 9.54. The highest BCUT2D eigenvalue weighted by Crippen LogP contribution is 2.33. The van der Waals surface area contributed by atoms with Crippen molar-refractivity contribution in [1.29, 1.82) is 0 Å². The van der Waals surface area contributed by atoms with Gasteiger partial charge in [-0.1, -0.05) is 19.8 Å². The fraction of sp³-hybridized carbons (Fsp3) is 0.857. The SMILES string of the molecule is CC1CCCCC1NC(=O)NC1CCC(CC(=O)NC2CCC3C(C2)C(=O)N(CCC(=O)OCCN2CCOCC2)CC(=O)N3C)CC1. The van der Waals surface area contributed by atoms with Gasteiger partial charge in [0.1, 0.15) is 6.61 Å². The van der Waals surface area contributed by atoms with Gasteiger partial charge in [0.2, 0.25) is 17.7 Å². The van der Waals surface area contributed by atoms with Crippen molar-refractivity contribution in [1.82, 2.24) is 30.7 Å². The molecule has 0 radical (unpaired) electrons. The zero-order valence-electron chi connectivity index (χ0n) is 29.1. The molecule has 3 saturated carbocycles. The fourth-order valence-corrected chi connectivity index (χ4v) is 8.37. The largest absolute Gasteiger partial charge is 0.464 e. The molecule has 5 fully saturated rings. The van der Waals surface area contributed by atoms with E-state index < -0.39 is 5.92 Å². The molecule has 0 aromatic rings. The van der Waals surface area contributed by atoms with Crippen molar-refractivity contribution >= 4 is 29.7 Å². The number of esters is 1. The zero-order valence-corrected chi connectivity index (χ0v) is 29.1. The molecule has 0 aromatic heterocycles. The van der Waals surface area contributed by atoms with Gasteiger partial charge in [-0.3, -0.25) is 24.1 Å². The number of nitrogens with zero attached hydrogens (tertiary/aromatic N) is 3. The zero-order chi connectivity index (χ0) is 34.0. The molecule has 5 aliphatic rings. The molecular weight excluding hydrogens is 616 g/mol. The molecule has 5 unspecified atom stereocenters. The van der Waals surface area contributed by atoms with Crippen LogP contribution in [0.5, 0.6) is 0 Å². The van der Waals surface area contributed by atoms with Crippen molar-refractivity contribution in [3.63, 3.8) is 0 Å². The lowest BCUT2D eigenvalue weighted by molar-refractivity contribution is -0.146. The number of urea groups is 1. The normalized spacial score (nSPS) is 31.8. The van der Waals surface area contributed by atoms with Crippen LogP contribution in [0, 0.1) is 17.8 Å². The van der Waals surface area contributed by atoms with E-state index in [0.29, 0.717) is 51.4 Å². The van der Waals surface area contributed by atoms with Crippen molar-refractivity contribution < 1.29 is 33.4 Å². The molecule has 5 atom stereocenters. The average Bonchev–Trinajstić information content (AvgIpc) is 3.16. The molecule has 5 rings (SSSR count). The smallest absolute Gasteiger partial charge is 0.315 e. The minimum absolute atomic E-state index is 0.000992. The number of morpholine rings is 1. The Morgan fingerprint density at radius 3 is 2.35 bits per heavy atom. The Kier molecular flexibility index (Phi) is 13.4. The maximum atomic E-state index is 13.7. The van der Waals surface area contributed by atoms with E-state index in [4.69, 9.17) is 9.47 Å². The number of hydrogen-bond acceptors (Lipinski definition) is 8. The van der Waals surface area contributed by atoms with Crippen LogP contribution in [-0.2, 0) is 28.7 Å². The highest BCUT2D eigenvalue weighted by atomic mass is 16.5. The van der Waals surface area contributed by atoms with E-state index in [9.17, 15) is 24.0 Å². The van der Waals surface area contributed by atoms with Crippen molar-refractivity contribution in [3.8, 4) is 0 Å². The molecular formula is C35H58N6O7. The van der Waals surface area contributed by atoms with Gasteiger partial charge in [0.15, 0.2) is 0 Å². The number of amides is 5. The molecule has 3 aliphatic carbocycles. The van der Waals surface area contributed by atoms with Gasteiger partial charge in [0.05, 0.1) is 32.1 Å². The molecule has 48 heavy (non-hydrogen) atoms. The van der Waals surface area contributed by atoms with Crippen LogP contribution in [0.25, 0.3) is 0 Å². The van der Waals surface area contributed by atoms with Crippen LogP contribution >= 0.6 is 0 Å². The van der Waals surface area contributed by atoms with Gasteiger partial charge in [0, 0.05) is 63.8 Å². The Morgan fingerprint density at radius 1 is 0.875 bits per heavy atom. The van der Waals surface area contributed by atoms with E-state index in [1.165, 1.54) is 24.2 Å². The summed E-state index contributed by atoms with van der Waals surface area (Å²) in [4.78, 5) is 70.3.